The van der Waals surface area contributed by atoms with Crippen LogP contribution >= 0.6 is 0 Å². The molecule has 2 amide bonds. The number of hydrogen-bond acceptors (Lipinski definition) is 2. The first-order valence-electron chi connectivity index (χ1n) is 10.7. The molecule has 1 aliphatic carbocycles. The fourth-order valence-corrected chi connectivity index (χ4v) is 4.23. The number of carbonyl (C=O) groups is 1. The van der Waals surface area contributed by atoms with Crippen molar-refractivity contribution in [1.82, 2.24) is 9.78 Å². The van der Waals surface area contributed by atoms with Crippen molar-refractivity contribution < 1.29 is 18.0 Å². The molecule has 3 aromatic carbocycles. The predicted octanol–water partition coefficient (Wildman–Crippen LogP) is 6.24. The van der Waals surface area contributed by atoms with E-state index in [1.165, 1.54) is 23.3 Å². The number of amides is 2. The number of urea groups is 1. The van der Waals surface area contributed by atoms with E-state index in [2.05, 4.69) is 15.7 Å². The zero-order valence-electron chi connectivity index (χ0n) is 17.6. The minimum absolute atomic E-state index is 0.271. The van der Waals surface area contributed by atoms with Crippen molar-refractivity contribution >= 4 is 28.4 Å². The lowest BCUT2D eigenvalue weighted by Gasteiger charge is -2.08. The van der Waals surface area contributed by atoms with Crippen LogP contribution in [0.3, 0.4) is 0 Å². The molecule has 1 heterocycles. The van der Waals surface area contributed by atoms with Crippen LogP contribution in [0.1, 0.15) is 28.7 Å². The van der Waals surface area contributed by atoms with Crippen molar-refractivity contribution in [3.8, 4) is 0 Å². The number of halogens is 3. The standard InChI is InChI=1S/C25H21F3N4O/c26-25(27,28)19-11-8-16(9-12-19)15-32-22-7-2-1-6-21(22)23(31-32)30-24(33)29-20-13-10-17-4-3-5-18(17)14-20/h1-2,6-14H,3-5,15H2,(H2,29,30,31,33). The van der Waals surface area contributed by atoms with Gasteiger partial charge in [-0.25, -0.2) is 4.79 Å². The van der Waals surface area contributed by atoms with E-state index >= 15 is 0 Å². The summed E-state index contributed by atoms with van der Waals surface area (Å²) in [5.74, 6) is 0.385. The van der Waals surface area contributed by atoms with Gasteiger partial charge in [0, 0.05) is 11.1 Å². The number of benzene rings is 3. The molecule has 0 saturated heterocycles. The Kier molecular flexibility index (Phi) is 5.28. The largest absolute Gasteiger partial charge is 0.416 e. The molecule has 5 rings (SSSR count). The molecule has 0 aliphatic heterocycles. The number of anilines is 2. The minimum Gasteiger partial charge on any atom is -0.308 e. The fraction of sp³-hybridized carbons (Fsp3) is 0.200. The smallest absolute Gasteiger partial charge is 0.308 e. The SMILES string of the molecule is O=C(Nc1ccc2c(c1)CCC2)Nc1nn(Cc2ccc(C(F)(F)F)cc2)c2ccccc12. The van der Waals surface area contributed by atoms with E-state index in [4.69, 9.17) is 0 Å². The number of nitrogens with zero attached hydrogens (tertiary/aromatic N) is 2. The highest BCUT2D eigenvalue weighted by Gasteiger charge is 2.30. The Labute approximate surface area is 188 Å². The third-order valence-electron chi connectivity index (χ3n) is 5.86. The molecule has 4 aromatic rings. The second kappa shape index (κ2) is 8.27. The third kappa shape index (κ3) is 4.41. The lowest BCUT2D eigenvalue weighted by Crippen LogP contribution is -2.20. The number of fused-ring (bicyclic) bond motifs is 2. The van der Waals surface area contributed by atoms with Gasteiger partial charge in [0.25, 0.3) is 0 Å². The maximum absolute atomic E-state index is 12.8. The van der Waals surface area contributed by atoms with Gasteiger partial charge in [-0.05, 0) is 72.4 Å². The van der Waals surface area contributed by atoms with Gasteiger partial charge in [-0.3, -0.25) is 10.00 Å². The van der Waals surface area contributed by atoms with Crippen molar-refractivity contribution in [2.75, 3.05) is 10.6 Å². The maximum Gasteiger partial charge on any atom is 0.416 e. The topological polar surface area (TPSA) is 59.0 Å². The summed E-state index contributed by atoms with van der Waals surface area (Å²) in [5, 5.41) is 10.9. The lowest BCUT2D eigenvalue weighted by molar-refractivity contribution is -0.137. The molecule has 0 bridgehead atoms. The summed E-state index contributed by atoms with van der Waals surface area (Å²) in [5.41, 5.74) is 4.06. The Morgan fingerprint density at radius 1 is 0.939 bits per heavy atom. The van der Waals surface area contributed by atoms with Crippen molar-refractivity contribution in [3.05, 3.63) is 89.0 Å². The number of nitrogens with one attached hydrogen (secondary N) is 2. The van der Waals surface area contributed by atoms with E-state index < -0.39 is 17.8 Å². The Morgan fingerprint density at radius 2 is 1.70 bits per heavy atom. The number of rotatable bonds is 4. The van der Waals surface area contributed by atoms with E-state index in [0.717, 1.165) is 48.0 Å². The van der Waals surface area contributed by atoms with E-state index in [9.17, 15) is 18.0 Å². The summed E-state index contributed by atoms with van der Waals surface area (Å²) < 4.78 is 40.2. The van der Waals surface area contributed by atoms with Crippen molar-refractivity contribution in [3.63, 3.8) is 0 Å². The highest BCUT2D eigenvalue weighted by molar-refractivity contribution is 6.04. The number of para-hydroxylation sites is 1. The summed E-state index contributed by atoms with van der Waals surface area (Å²) in [6, 6.07) is 17.9. The number of aromatic nitrogens is 2. The molecule has 1 aromatic heterocycles. The highest BCUT2D eigenvalue weighted by Crippen LogP contribution is 2.30. The lowest BCUT2D eigenvalue weighted by atomic mass is 10.1. The molecule has 1 aliphatic rings. The molecule has 0 spiro atoms. The van der Waals surface area contributed by atoms with Gasteiger partial charge in [-0.2, -0.15) is 18.3 Å². The molecule has 0 unspecified atom stereocenters. The van der Waals surface area contributed by atoms with Crippen LogP contribution in [0.5, 0.6) is 0 Å². The van der Waals surface area contributed by atoms with Crippen LogP contribution in [0, 0.1) is 0 Å². The minimum atomic E-state index is -4.37. The van der Waals surface area contributed by atoms with Gasteiger partial charge < -0.3 is 5.32 Å². The number of aryl methyl sites for hydroxylation is 2. The normalized spacial score (nSPS) is 13.2. The Balaban J connectivity index is 1.35. The van der Waals surface area contributed by atoms with Gasteiger partial charge in [-0.1, -0.05) is 30.3 Å². The van der Waals surface area contributed by atoms with Gasteiger partial charge in [-0.15, -0.1) is 0 Å². The quantitative estimate of drug-likeness (QED) is 0.387. The van der Waals surface area contributed by atoms with E-state index in [-0.39, 0.29) is 6.54 Å². The van der Waals surface area contributed by atoms with Gasteiger partial charge in [0.15, 0.2) is 5.82 Å². The molecule has 2 N–H and O–H groups in total. The van der Waals surface area contributed by atoms with Crippen molar-refractivity contribution in [2.45, 2.75) is 32.0 Å². The fourth-order valence-electron chi connectivity index (χ4n) is 4.23. The third-order valence-corrected chi connectivity index (χ3v) is 5.86. The van der Waals surface area contributed by atoms with Crippen LogP contribution in [-0.2, 0) is 25.6 Å². The molecule has 0 fully saturated rings. The van der Waals surface area contributed by atoms with Crippen LogP contribution in [-0.4, -0.2) is 15.8 Å². The Hall–Kier alpha value is -3.81. The van der Waals surface area contributed by atoms with E-state index in [0.29, 0.717) is 11.4 Å². The van der Waals surface area contributed by atoms with Gasteiger partial charge in [0.05, 0.1) is 17.6 Å². The summed E-state index contributed by atoms with van der Waals surface area (Å²) >= 11 is 0. The van der Waals surface area contributed by atoms with Crippen LogP contribution in [0.4, 0.5) is 29.5 Å². The average Bonchev–Trinajstić information content (AvgIpc) is 3.38. The van der Waals surface area contributed by atoms with Gasteiger partial charge in [0.2, 0.25) is 0 Å². The first kappa shape index (κ1) is 21.1. The molecular formula is C25H21F3N4O. The van der Waals surface area contributed by atoms with E-state index in [1.807, 2.05) is 42.5 Å². The first-order valence-corrected chi connectivity index (χ1v) is 10.7. The molecule has 33 heavy (non-hydrogen) atoms. The average molecular weight is 450 g/mol. The number of carbonyl (C=O) groups excluding carboxylic acids is 1. The van der Waals surface area contributed by atoms with Gasteiger partial charge in [0.1, 0.15) is 0 Å². The zero-order valence-corrected chi connectivity index (χ0v) is 17.6. The maximum atomic E-state index is 12.8. The first-order chi connectivity index (χ1) is 15.9. The zero-order chi connectivity index (χ0) is 23.0. The summed E-state index contributed by atoms with van der Waals surface area (Å²) in [6.07, 6.45) is -1.15. The van der Waals surface area contributed by atoms with Crippen molar-refractivity contribution in [2.24, 2.45) is 0 Å². The molecule has 0 saturated carbocycles. The van der Waals surface area contributed by atoms with Crippen LogP contribution in [0.2, 0.25) is 0 Å². The molecule has 5 nitrogen and oxygen atoms in total. The summed E-state index contributed by atoms with van der Waals surface area (Å²) in [4.78, 5) is 12.6. The molecular weight excluding hydrogens is 429 g/mol. The van der Waals surface area contributed by atoms with Crippen molar-refractivity contribution in [1.29, 1.82) is 0 Å². The van der Waals surface area contributed by atoms with Gasteiger partial charge >= 0.3 is 12.2 Å². The second-order valence-electron chi connectivity index (χ2n) is 8.13. The Bertz CT molecular complexity index is 1330. The number of alkyl halides is 3. The second-order valence-corrected chi connectivity index (χ2v) is 8.13. The summed E-state index contributed by atoms with van der Waals surface area (Å²) in [7, 11) is 0. The molecule has 0 radical (unpaired) electrons. The highest BCUT2D eigenvalue weighted by atomic mass is 19.4. The summed E-state index contributed by atoms with van der Waals surface area (Å²) in [6.45, 7) is 0.271. The predicted molar refractivity (Wildman–Crippen MR) is 121 cm³/mol. The van der Waals surface area contributed by atoms with Crippen LogP contribution in [0.25, 0.3) is 10.9 Å². The Morgan fingerprint density at radius 3 is 2.48 bits per heavy atom. The molecule has 0 atom stereocenters. The molecule has 8 heteroatoms. The van der Waals surface area contributed by atoms with Crippen LogP contribution in [0.15, 0.2) is 66.7 Å². The van der Waals surface area contributed by atoms with Crippen LogP contribution < -0.4 is 10.6 Å². The molecule has 168 valence electrons. The monoisotopic (exact) mass is 450 g/mol. The van der Waals surface area contributed by atoms with E-state index in [1.54, 1.807) is 4.68 Å². The number of hydrogen-bond donors (Lipinski definition) is 2.